The van der Waals surface area contributed by atoms with Gasteiger partial charge in [0.05, 0.1) is 6.54 Å². The molecule has 2 aromatic rings. The van der Waals surface area contributed by atoms with E-state index >= 15 is 0 Å². The second-order valence-electron chi connectivity index (χ2n) is 6.99. The van der Waals surface area contributed by atoms with Crippen molar-refractivity contribution in [3.8, 4) is 0 Å². The number of benzene rings is 1. The number of furan rings is 1. The van der Waals surface area contributed by atoms with Crippen LogP contribution < -0.4 is 0 Å². The van der Waals surface area contributed by atoms with Gasteiger partial charge in [-0.05, 0) is 49.4 Å². The van der Waals surface area contributed by atoms with Crippen molar-refractivity contribution in [1.82, 2.24) is 9.80 Å². The van der Waals surface area contributed by atoms with Crippen LogP contribution in [0, 0.1) is 6.92 Å². The smallest absolute Gasteiger partial charge is 0.118 e. The van der Waals surface area contributed by atoms with Gasteiger partial charge in [0.1, 0.15) is 11.5 Å². The number of fused-ring (bicyclic) bond motifs is 1. The van der Waals surface area contributed by atoms with Gasteiger partial charge in [-0.15, -0.1) is 0 Å². The molecule has 1 atom stereocenters. The summed E-state index contributed by atoms with van der Waals surface area (Å²) in [7, 11) is 0. The number of rotatable bonds is 3. The van der Waals surface area contributed by atoms with Crippen LogP contribution >= 0.6 is 0 Å². The minimum Gasteiger partial charge on any atom is -0.465 e. The summed E-state index contributed by atoms with van der Waals surface area (Å²) in [4.78, 5) is 5.23. The van der Waals surface area contributed by atoms with E-state index < -0.39 is 0 Å². The van der Waals surface area contributed by atoms with Crippen LogP contribution in [0.1, 0.15) is 29.1 Å². The summed E-state index contributed by atoms with van der Waals surface area (Å²) in [5.41, 5.74) is 3.13. The molecule has 0 unspecified atom stereocenters. The summed E-state index contributed by atoms with van der Waals surface area (Å²) in [6.07, 6.45) is 3.79. The fraction of sp³-hybridized carbons (Fsp3) is 0.500. The summed E-state index contributed by atoms with van der Waals surface area (Å²) in [5, 5.41) is 0. The Hall–Kier alpha value is -1.58. The number of hydrogen-bond acceptors (Lipinski definition) is 3. The molecule has 122 valence electrons. The van der Waals surface area contributed by atoms with Gasteiger partial charge in [0.2, 0.25) is 0 Å². The average Bonchev–Trinajstić information content (AvgIpc) is 3.00. The fourth-order valence-corrected chi connectivity index (χ4v) is 4.07. The van der Waals surface area contributed by atoms with E-state index in [1.807, 2.05) is 6.92 Å². The Bertz CT molecular complexity index is 655. The first kappa shape index (κ1) is 15.0. The molecule has 3 nitrogen and oxygen atoms in total. The summed E-state index contributed by atoms with van der Waals surface area (Å²) >= 11 is 0. The lowest BCUT2D eigenvalue weighted by Gasteiger charge is -2.41. The average molecular weight is 310 g/mol. The quantitative estimate of drug-likeness (QED) is 0.867. The van der Waals surface area contributed by atoms with Gasteiger partial charge in [0.25, 0.3) is 0 Å². The minimum atomic E-state index is 0.734. The molecule has 1 aliphatic heterocycles. The summed E-state index contributed by atoms with van der Waals surface area (Å²) in [5.74, 6) is 2.11. The van der Waals surface area contributed by atoms with E-state index in [2.05, 4.69) is 46.2 Å². The molecule has 0 saturated carbocycles. The van der Waals surface area contributed by atoms with Gasteiger partial charge in [-0.3, -0.25) is 9.80 Å². The Labute approximate surface area is 138 Å². The second-order valence-corrected chi connectivity index (χ2v) is 6.99. The van der Waals surface area contributed by atoms with Crippen molar-refractivity contribution < 1.29 is 4.42 Å². The molecular weight excluding hydrogens is 284 g/mol. The lowest BCUT2D eigenvalue weighted by molar-refractivity contribution is 0.0817. The predicted octanol–water partition coefficient (Wildman–Crippen LogP) is 3.26. The van der Waals surface area contributed by atoms with E-state index in [0.717, 1.165) is 37.2 Å². The zero-order chi connectivity index (χ0) is 15.6. The number of aryl methyl sites for hydroxylation is 2. The second kappa shape index (κ2) is 6.50. The third-order valence-electron chi connectivity index (χ3n) is 5.42. The van der Waals surface area contributed by atoms with Crippen LogP contribution in [-0.2, 0) is 19.4 Å². The van der Waals surface area contributed by atoms with Gasteiger partial charge in [-0.25, -0.2) is 0 Å². The van der Waals surface area contributed by atoms with E-state index in [1.54, 1.807) is 11.1 Å². The minimum absolute atomic E-state index is 0.734. The van der Waals surface area contributed by atoms with Crippen molar-refractivity contribution in [3.63, 3.8) is 0 Å². The molecule has 1 aromatic heterocycles. The van der Waals surface area contributed by atoms with Crippen LogP contribution in [0.25, 0.3) is 0 Å². The van der Waals surface area contributed by atoms with Crippen LogP contribution in [0.15, 0.2) is 40.8 Å². The first-order valence-electron chi connectivity index (χ1n) is 8.86. The fourth-order valence-electron chi connectivity index (χ4n) is 4.07. The third kappa shape index (κ3) is 3.36. The van der Waals surface area contributed by atoms with Gasteiger partial charge in [0.15, 0.2) is 0 Å². The van der Waals surface area contributed by atoms with Crippen molar-refractivity contribution >= 4 is 0 Å². The van der Waals surface area contributed by atoms with Crippen LogP contribution in [0.3, 0.4) is 0 Å². The SMILES string of the molecule is Cc1ccc(CN2CCN([C@H]3CCc4ccccc4C3)CC2)o1. The Kier molecular flexibility index (Phi) is 4.23. The lowest BCUT2D eigenvalue weighted by Crippen LogP contribution is -2.51. The molecule has 0 amide bonds. The molecule has 0 spiro atoms. The maximum absolute atomic E-state index is 5.71. The molecule has 1 aromatic carbocycles. The molecule has 3 heteroatoms. The Morgan fingerprint density at radius 1 is 1.00 bits per heavy atom. The first-order valence-corrected chi connectivity index (χ1v) is 8.86. The summed E-state index contributed by atoms with van der Waals surface area (Å²) in [6.45, 7) is 7.65. The highest BCUT2D eigenvalue weighted by atomic mass is 16.3. The normalized spacial score (nSPS) is 22.9. The molecule has 23 heavy (non-hydrogen) atoms. The van der Waals surface area contributed by atoms with E-state index in [9.17, 15) is 0 Å². The van der Waals surface area contributed by atoms with E-state index in [1.165, 1.54) is 32.4 Å². The topological polar surface area (TPSA) is 19.6 Å². The predicted molar refractivity (Wildman–Crippen MR) is 92.6 cm³/mol. The first-order chi connectivity index (χ1) is 11.3. The summed E-state index contributed by atoms with van der Waals surface area (Å²) < 4.78 is 5.71. The van der Waals surface area contributed by atoms with Gasteiger partial charge in [0, 0.05) is 32.2 Å². The Morgan fingerprint density at radius 2 is 1.78 bits per heavy atom. The van der Waals surface area contributed by atoms with Crippen LogP contribution in [0.4, 0.5) is 0 Å². The molecule has 1 aliphatic carbocycles. The monoisotopic (exact) mass is 310 g/mol. The molecule has 0 N–H and O–H groups in total. The zero-order valence-electron chi connectivity index (χ0n) is 14.0. The number of piperazine rings is 1. The Balaban J connectivity index is 1.32. The van der Waals surface area contributed by atoms with Gasteiger partial charge in [-0.1, -0.05) is 24.3 Å². The van der Waals surface area contributed by atoms with Crippen molar-refractivity contribution in [3.05, 3.63) is 59.0 Å². The zero-order valence-corrected chi connectivity index (χ0v) is 14.0. The van der Waals surface area contributed by atoms with Crippen LogP contribution in [0.2, 0.25) is 0 Å². The molecule has 0 bridgehead atoms. The van der Waals surface area contributed by atoms with Crippen LogP contribution in [-0.4, -0.2) is 42.0 Å². The van der Waals surface area contributed by atoms with E-state index in [4.69, 9.17) is 4.42 Å². The Morgan fingerprint density at radius 3 is 2.52 bits per heavy atom. The van der Waals surface area contributed by atoms with Crippen molar-refractivity contribution in [2.45, 2.75) is 38.8 Å². The largest absolute Gasteiger partial charge is 0.465 e. The lowest BCUT2D eigenvalue weighted by atomic mass is 9.87. The highest BCUT2D eigenvalue weighted by Gasteiger charge is 2.27. The number of hydrogen-bond donors (Lipinski definition) is 0. The van der Waals surface area contributed by atoms with Gasteiger partial charge in [-0.2, -0.15) is 0 Å². The highest BCUT2D eigenvalue weighted by Crippen LogP contribution is 2.25. The highest BCUT2D eigenvalue weighted by molar-refractivity contribution is 5.30. The van der Waals surface area contributed by atoms with E-state index in [0.29, 0.717) is 0 Å². The molecule has 1 saturated heterocycles. The molecule has 4 rings (SSSR count). The molecule has 2 heterocycles. The standard InChI is InChI=1S/C20H26N2O/c1-16-6-9-20(23-16)15-21-10-12-22(13-11-21)19-8-7-17-4-2-3-5-18(17)14-19/h2-6,9,19H,7-8,10-15H2,1H3/t19-/m0/s1. The van der Waals surface area contributed by atoms with Crippen molar-refractivity contribution in [2.24, 2.45) is 0 Å². The van der Waals surface area contributed by atoms with Gasteiger partial charge < -0.3 is 4.42 Å². The van der Waals surface area contributed by atoms with Crippen molar-refractivity contribution in [2.75, 3.05) is 26.2 Å². The maximum Gasteiger partial charge on any atom is 0.118 e. The summed E-state index contributed by atoms with van der Waals surface area (Å²) in [6, 6.07) is 13.9. The van der Waals surface area contributed by atoms with E-state index in [-0.39, 0.29) is 0 Å². The molecule has 1 fully saturated rings. The van der Waals surface area contributed by atoms with Crippen molar-refractivity contribution in [1.29, 1.82) is 0 Å². The maximum atomic E-state index is 5.71. The molecule has 2 aliphatic rings. The van der Waals surface area contributed by atoms with Gasteiger partial charge >= 0.3 is 0 Å². The number of nitrogens with zero attached hydrogens (tertiary/aromatic N) is 2. The molecular formula is C20H26N2O. The third-order valence-corrected chi connectivity index (χ3v) is 5.42. The molecule has 0 radical (unpaired) electrons. The van der Waals surface area contributed by atoms with Crippen LogP contribution in [0.5, 0.6) is 0 Å².